The third-order valence-electron chi connectivity index (χ3n) is 3.37. The molecule has 0 spiro atoms. The van der Waals surface area contributed by atoms with Crippen LogP contribution in [-0.2, 0) is 21.5 Å². The number of carbonyl (C=O) groups excluding carboxylic acids is 2. The standard InChI is InChI=1S/C18H22N2O3/c1-18(2,3)14-8-4-5-9-15(14)20-17(22)11-16(21)19-12-13-7-6-10-23-13/h4-10H,11-12H2,1-3H3,(H,19,21)(H,20,22). The van der Waals surface area contributed by atoms with E-state index < -0.39 is 0 Å². The summed E-state index contributed by atoms with van der Waals surface area (Å²) in [7, 11) is 0. The molecule has 0 saturated heterocycles. The summed E-state index contributed by atoms with van der Waals surface area (Å²) < 4.78 is 5.12. The molecule has 1 aromatic carbocycles. The lowest BCUT2D eigenvalue weighted by molar-refractivity contribution is -0.127. The number of nitrogens with one attached hydrogen (secondary N) is 2. The second kappa shape index (κ2) is 7.13. The number of carbonyl (C=O) groups is 2. The van der Waals surface area contributed by atoms with E-state index in [4.69, 9.17) is 4.42 Å². The Morgan fingerprint density at radius 3 is 2.43 bits per heavy atom. The van der Waals surface area contributed by atoms with E-state index in [1.807, 2.05) is 24.3 Å². The summed E-state index contributed by atoms with van der Waals surface area (Å²) in [4.78, 5) is 23.9. The molecule has 5 heteroatoms. The van der Waals surface area contributed by atoms with Gasteiger partial charge in [0, 0.05) is 5.69 Å². The maximum Gasteiger partial charge on any atom is 0.233 e. The van der Waals surface area contributed by atoms with Crippen LogP contribution in [0.15, 0.2) is 47.1 Å². The van der Waals surface area contributed by atoms with Crippen molar-refractivity contribution in [1.82, 2.24) is 5.32 Å². The molecule has 5 nitrogen and oxygen atoms in total. The molecule has 23 heavy (non-hydrogen) atoms. The molecule has 0 unspecified atom stereocenters. The van der Waals surface area contributed by atoms with Gasteiger partial charge >= 0.3 is 0 Å². The Bertz CT molecular complexity index is 670. The van der Waals surface area contributed by atoms with Crippen molar-refractivity contribution in [2.75, 3.05) is 5.32 Å². The third-order valence-corrected chi connectivity index (χ3v) is 3.37. The van der Waals surface area contributed by atoms with Gasteiger partial charge in [-0.05, 0) is 29.2 Å². The number of hydrogen-bond donors (Lipinski definition) is 2. The Morgan fingerprint density at radius 2 is 1.78 bits per heavy atom. The SMILES string of the molecule is CC(C)(C)c1ccccc1NC(=O)CC(=O)NCc1ccco1. The third kappa shape index (κ3) is 4.98. The molecule has 122 valence electrons. The lowest BCUT2D eigenvalue weighted by atomic mass is 9.86. The highest BCUT2D eigenvalue weighted by atomic mass is 16.3. The molecule has 0 bridgehead atoms. The second-order valence-corrected chi connectivity index (χ2v) is 6.38. The first kappa shape index (κ1) is 16.8. The Morgan fingerprint density at radius 1 is 1.04 bits per heavy atom. The highest BCUT2D eigenvalue weighted by molar-refractivity contribution is 6.03. The van der Waals surface area contributed by atoms with E-state index in [1.165, 1.54) is 6.26 Å². The van der Waals surface area contributed by atoms with Crippen LogP contribution >= 0.6 is 0 Å². The van der Waals surface area contributed by atoms with E-state index in [2.05, 4.69) is 31.4 Å². The molecule has 1 aromatic heterocycles. The van der Waals surface area contributed by atoms with Crippen molar-refractivity contribution < 1.29 is 14.0 Å². The molecule has 2 amide bonds. The molecular formula is C18H22N2O3. The van der Waals surface area contributed by atoms with Crippen molar-refractivity contribution in [3.63, 3.8) is 0 Å². The van der Waals surface area contributed by atoms with E-state index in [0.717, 1.165) is 11.3 Å². The summed E-state index contributed by atoms with van der Waals surface area (Å²) in [6.45, 7) is 6.51. The zero-order chi connectivity index (χ0) is 16.9. The van der Waals surface area contributed by atoms with Gasteiger partial charge < -0.3 is 15.1 Å². The molecule has 0 radical (unpaired) electrons. The number of furan rings is 1. The first-order valence-electron chi connectivity index (χ1n) is 7.54. The largest absolute Gasteiger partial charge is 0.467 e. The van der Waals surface area contributed by atoms with Crippen LogP contribution in [0.4, 0.5) is 5.69 Å². The van der Waals surface area contributed by atoms with Gasteiger partial charge in [-0.1, -0.05) is 39.0 Å². The van der Waals surface area contributed by atoms with Crippen LogP contribution in [0.5, 0.6) is 0 Å². The van der Waals surface area contributed by atoms with Gasteiger partial charge in [0.2, 0.25) is 11.8 Å². The van der Waals surface area contributed by atoms with Gasteiger partial charge in [-0.2, -0.15) is 0 Å². The maximum atomic E-state index is 12.1. The number of amides is 2. The quantitative estimate of drug-likeness (QED) is 0.832. The highest BCUT2D eigenvalue weighted by Crippen LogP contribution is 2.29. The number of para-hydroxylation sites is 1. The molecular weight excluding hydrogens is 292 g/mol. The van der Waals surface area contributed by atoms with Gasteiger partial charge in [-0.25, -0.2) is 0 Å². The fraction of sp³-hybridized carbons (Fsp3) is 0.333. The number of hydrogen-bond acceptors (Lipinski definition) is 3. The fourth-order valence-corrected chi connectivity index (χ4v) is 2.25. The van der Waals surface area contributed by atoms with Gasteiger partial charge in [0.1, 0.15) is 12.2 Å². The minimum atomic E-state index is -0.341. The predicted molar refractivity (Wildman–Crippen MR) is 88.9 cm³/mol. The number of benzene rings is 1. The van der Waals surface area contributed by atoms with Gasteiger partial charge in [0.15, 0.2) is 0 Å². The summed E-state index contributed by atoms with van der Waals surface area (Å²) in [5.41, 5.74) is 1.68. The van der Waals surface area contributed by atoms with Crippen molar-refractivity contribution in [3.05, 3.63) is 54.0 Å². The zero-order valence-electron chi connectivity index (χ0n) is 13.7. The van der Waals surface area contributed by atoms with Crippen molar-refractivity contribution in [2.45, 2.75) is 39.2 Å². The molecule has 0 fully saturated rings. The molecule has 0 aliphatic heterocycles. The van der Waals surface area contributed by atoms with Crippen LogP contribution in [-0.4, -0.2) is 11.8 Å². The first-order chi connectivity index (χ1) is 10.9. The van der Waals surface area contributed by atoms with Crippen LogP contribution in [0.25, 0.3) is 0 Å². The van der Waals surface area contributed by atoms with Crippen molar-refractivity contribution in [2.24, 2.45) is 0 Å². The molecule has 2 N–H and O–H groups in total. The van der Waals surface area contributed by atoms with E-state index in [9.17, 15) is 9.59 Å². The van der Waals surface area contributed by atoms with E-state index in [1.54, 1.807) is 12.1 Å². The summed E-state index contributed by atoms with van der Waals surface area (Å²) in [5.74, 6) is -0.0254. The molecule has 0 aliphatic carbocycles. The summed E-state index contributed by atoms with van der Waals surface area (Å²) in [6.07, 6.45) is 1.32. The zero-order valence-corrected chi connectivity index (χ0v) is 13.7. The Kier molecular flexibility index (Phi) is 5.21. The number of rotatable bonds is 5. The maximum absolute atomic E-state index is 12.1. The topological polar surface area (TPSA) is 71.3 Å². The summed E-state index contributed by atoms with van der Waals surface area (Å²) in [5, 5.41) is 5.47. The van der Waals surface area contributed by atoms with Crippen LogP contribution in [0, 0.1) is 0 Å². The van der Waals surface area contributed by atoms with E-state index in [0.29, 0.717) is 5.76 Å². The highest BCUT2D eigenvalue weighted by Gasteiger charge is 2.19. The Balaban J connectivity index is 1.91. The molecule has 0 saturated carbocycles. The van der Waals surface area contributed by atoms with Crippen LogP contribution in [0.3, 0.4) is 0 Å². The summed E-state index contributed by atoms with van der Waals surface area (Å²) in [6, 6.07) is 11.1. The lowest BCUT2D eigenvalue weighted by Gasteiger charge is -2.22. The van der Waals surface area contributed by atoms with E-state index in [-0.39, 0.29) is 30.2 Å². The Labute approximate surface area is 136 Å². The molecule has 2 rings (SSSR count). The number of anilines is 1. The average Bonchev–Trinajstić information content (AvgIpc) is 2.97. The van der Waals surface area contributed by atoms with Gasteiger partial charge in [0.05, 0.1) is 12.8 Å². The minimum Gasteiger partial charge on any atom is -0.467 e. The molecule has 0 atom stereocenters. The van der Waals surface area contributed by atoms with Gasteiger partial charge in [0.25, 0.3) is 0 Å². The van der Waals surface area contributed by atoms with Crippen molar-refractivity contribution in [1.29, 1.82) is 0 Å². The van der Waals surface area contributed by atoms with Gasteiger partial charge in [-0.15, -0.1) is 0 Å². The van der Waals surface area contributed by atoms with E-state index >= 15 is 0 Å². The average molecular weight is 314 g/mol. The monoisotopic (exact) mass is 314 g/mol. The first-order valence-corrected chi connectivity index (χ1v) is 7.54. The molecule has 1 heterocycles. The molecule has 2 aromatic rings. The second-order valence-electron chi connectivity index (χ2n) is 6.38. The van der Waals surface area contributed by atoms with Gasteiger partial charge in [-0.3, -0.25) is 9.59 Å². The van der Waals surface area contributed by atoms with Crippen LogP contribution < -0.4 is 10.6 Å². The van der Waals surface area contributed by atoms with Crippen molar-refractivity contribution >= 4 is 17.5 Å². The normalized spacial score (nSPS) is 11.1. The Hall–Kier alpha value is -2.56. The minimum absolute atomic E-state index is 0.0918. The fourth-order valence-electron chi connectivity index (χ4n) is 2.25. The summed E-state index contributed by atoms with van der Waals surface area (Å²) >= 11 is 0. The van der Waals surface area contributed by atoms with Crippen LogP contribution in [0.2, 0.25) is 0 Å². The van der Waals surface area contributed by atoms with Crippen LogP contribution in [0.1, 0.15) is 38.5 Å². The smallest absolute Gasteiger partial charge is 0.233 e. The predicted octanol–water partition coefficient (Wildman–Crippen LogP) is 3.22. The lowest BCUT2D eigenvalue weighted by Crippen LogP contribution is -2.28. The van der Waals surface area contributed by atoms with Crippen molar-refractivity contribution in [3.8, 4) is 0 Å². The molecule has 0 aliphatic rings.